The molecule has 3 atom stereocenters. The van der Waals surface area contributed by atoms with Gasteiger partial charge in [-0.25, -0.2) is 9.96 Å². The van der Waals surface area contributed by atoms with E-state index in [1.165, 1.54) is 13.2 Å². The van der Waals surface area contributed by atoms with Gasteiger partial charge in [0.15, 0.2) is 17.6 Å². The van der Waals surface area contributed by atoms with E-state index in [0.29, 0.717) is 27.0 Å². The van der Waals surface area contributed by atoms with Gasteiger partial charge in [-0.15, -0.1) is 0 Å². The fourth-order valence-corrected chi connectivity index (χ4v) is 4.54. The first-order chi connectivity index (χ1) is 15.9. The Bertz CT molecular complexity index is 1230. The summed E-state index contributed by atoms with van der Waals surface area (Å²) in [5, 5.41) is 12.7. The molecule has 0 bridgehead atoms. The van der Waals surface area contributed by atoms with Crippen molar-refractivity contribution in [3.8, 4) is 11.5 Å². The minimum Gasteiger partial charge on any atom is -0.504 e. The predicted octanol–water partition coefficient (Wildman–Crippen LogP) is 4.76. The Hall–Kier alpha value is -3.26. The number of nitrogens with zero attached hydrogens (tertiary/aromatic N) is 2. The van der Waals surface area contributed by atoms with E-state index in [-0.39, 0.29) is 17.4 Å². The normalized spacial score (nSPS) is 22.1. The largest absolute Gasteiger partial charge is 0.504 e. The van der Waals surface area contributed by atoms with Crippen molar-refractivity contribution < 1.29 is 24.3 Å². The molecular weight excluding hydrogens is 467 g/mol. The van der Waals surface area contributed by atoms with Crippen molar-refractivity contribution in [1.29, 1.82) is 0 Å². The molecule has 3 aromatic rings. The average molecular weight is 485 g/mol. The molecule has 2 aliphatic rings. The molecule has 168 valence electrons. The minimum atomic E-state index is -1.02. The number of carbonyl (C=O) groups excluding carboxylic acids is 2. The molecule has 9 heteroatoms. The quantitative estimate of drug-likeness (QED) is 0.537. The molecule has 2 saturated heterocycles. The van der Waals surface area contributed by atoms with Crippen molar-refractivity contribution in [2.45, 2.75) is 12.1 Å². The van der Waals surface area contributed by atoms with E-state index in [1.807, 2.05) is 0 Å². The Labute approximate surface area is 199 Å². The lowest BCUT2D eigenvalue weighted by Gasteiger charge is -2.29. The van der Waals surface area contributed by atoms with Gasteiger partial charge in [-0.05, 0) is 66.2 Å². The SMILES string of the molecule is COc1cc(C2C3C(=O)N(c4ccc(Cl)cc4)C(=O)C3ON2c2ccc(Cl)cc2)ccc1O. The summed E-state index contributed by atoms with van der Waals surface area (Å²) < 4.78 is 5.26. The zero-order valence-corrected chi connectivity index (χ0v) is 18.8. The van der Waals surface area contributed by atoms with Gasteiger partial charge in [0.25, 0.3) is 5.91 Å². The molecule has 0 saturated carbocycles. The van der Waals surface area contributed by atoms with Crippen LogP contribution >= 0.6 is 23.2 Å². The average Bonchev–Trinajstić information content (AvgIpc) is 3.32. The Morgan fingerprint density at radius 3 is 2.09 bits per heavy atom. The van der Waals surface area contributed by atoms with E-state index >= 15 is 0 Å². The van der Waals surface area contributed by atoms with Gasteiger partial charge in [-0.3, -0.25) is 14.4 Å². The summed E-state index contributed by atoms with van der Waals surface area (Å²) >= 11 is 12.0. The summed E-state index contributed by atoms with van der Waals surface area (Å²) in [6.45, 7) is 0. The second kappa shape index (κ2) is 8.26. The third kappa shape index (κ3) is 3.58. The number of imide groups is 1. The van der Waals surface area contributed by atoms with E-state index < -0.39 is 24.0 Å². The number of hydroxylamine groups is 1. The van der Waals surface area contributed by atoms with Crippen molar-refractivity contribution >= 4 is 46.4 Å². The number of carbonyl (C=O) groups is 2. The Morgan fingerprint density at radius 2 is 1.48 bits per heavy atom. The molecule has 2 amide bonds. The maximum Gasteiger partial charge on any atom is 0.266 e. The van der Waals surface area contributed by atoms with Crippen LogP contribution in [-0.2, 0) is 14.4 Å². The molecule has 0 spiro atoms. The first-order valence-electron chi connectivity index (χ1n) is 10.1. The fourth-order valence-electron chi connectivity index (χ4n) is 4.29. The lowest BCUT2D eigenvalue weighted by molar-refractivity contribution is -0.126. The number of phenols is 1. The summed E-state index contributed by atoms with van der Waals surface area (Å²) in [4.78, 5) is 34.1. The lowest BCUT2D eigenvalue weighted by atomic mass is 9.90. The monoisotopic (exact) mass is 484 g/mol. The molecule has 1 N–H and O–H groups in total. The molecule has 2 aliphatic heterocycles. The van der Waals surface area contributed by atoms with Crippen LogP contribution < -0.4 is 14.7 Å². The summed E-state index contributed by atoms with van der Waals surface area (Å²) in [7, 11) is 1.44. The molecule has 0 aliphatic carbocycles. The number of phenolic OH excluding ortho intramolecular Hbond substituents is 1. The van der Waals surface area contributed by atoms with Crippen LogP contribution in [0.5, 0.6) is 11.5 Å². The topological polar surface area (TPSA) is 79.3 Å². The third-order valence-electron chi connectivity index (χ3n) is 5.83. The zero-order valence-electron chi connectivity index (χ0n) is 17.3. The van der Waals surface area contributed by atoms with Crippen LogP contribution in [0.2, 0.25) is 10.0 Å². The number of aromatic hydroxyl groups is 1. The Kier molecular flexibility index (Phi) is 5.40. The standard InChI is InChI=1S/C24H18Cl2N2O5/c1-32-19-12-13(2-11-18(19)29)21-20-22(33-28(21)17-9-5-15(26)6-10-17)24(31)27(23(20)30)16-7-3-14(25)4-8-16/h2-12,20-22,29H,1H3. The maximum absolute atomic E-state index is 13.6. The van der Waals surface area contributed by atoms with Crippen molar-refractivity contribution in [3.05, 3.63) is 82.3 Å². The predicted molar refractivity (Wildman–Crippen MR) is 124 cm³/mol. The molecule has 7 nitrogen and oxygen atoms in total. The first-order valence-corrected chi connectivity index (χ1v) is 10.9. The molecule has 2 fully saturated rings. The highest BCUT2D eigenvalue weighted by Crippen LogP contribution is 2.48. The maximum atomic E-state index is 13.6. The fraction of sp³-hybridized carbons (Fsp3) is 0.167. The molecule has 0 radical (unpaired) electrons. The highest BCUT2D eigenvalue weighted by molar-refractivity contribution is 6.31. The smallest absolute Gasteiger partial charge is 0.266 e. The highest BCUT2D eigenvalue weighted by atomic mass is 35.5. The van der Waals surface area contributed by atoms with Gasteiger partial charge in [0.05, 0.1) is 24.5 Å². The summed E-state index contributed by atoms with van der Waals surface area (Å²) in [5.74, 6) is -1.46. The van der Waals surface area contributed by atoms with Crippen LogP contribution in [-0.4, -0.2) is 30.1 Å². The first kappa shape index (κ1) is 21.6. The van der Waals surface area contributed by atoms with Gasteiger partial charge < -0.3 is 9.84 Å². The number of halogens is 2. The summed E-state index contributed by atoms with van der Waals surface area (Å²) in [5.41, 5.74) is 1.70. The minimum absolute atomic E-state index is 0.0358. The van der Waals surface area contributed by atoms with Crippen LogP contribution in [0.15, 0.2) is 66.7 Å². The Morgan fingerprint density at radius 1 is 0.879 bits per heavy atom. The second-order valence-electron chi connectivity index (χ2n) is 7.72. The number of benzene rings is 3. The van der Waals surface area contributed by atoms with Gasteiger partial charge in [0, 0.05) is 10.0 Å². The van der Waals surface area contributed by atoms with Gasteiger partial charge >= 0.3 is 0 Å². The molecular formula is C24H18Cl2N2O5. The van der Waals surface area contributed by atoms with Gasteiger partial charge in [0.1, 0.15) is 5.92 Å². The van der Waals surface area contributed by atoms with Gasteiger partial charge in [0.2, 0.25) is 5.91 Å². The molecule has 33 heavy (non-hydrogen) atoms. The number of fused-ring (bicyclic) bond motifs is 1. The van der Waals surface area contributed by atoms with Crippen LogP contribution in [0.25, 0.3) is 0 Å². The van der Waals surface area contributed by atoms with E-state index in [2.05, 4.69) is 0 Å². The van der Waals surface area contributed by atoms with Crippen molar-refractivity contribution in [3.63, 3.8) is 0 Å². The second-order valence-corrected chi connectivity index (χ2v) is 8.59. The van der Waals surface area contributed by atoms with E-state index in [1.54, 1.807) is 65.7 Å². The lowest BCUT2D eigenvalue weighted by Crippen LogP contribution is -2.37. The zero-order chi connectivity index (χ0) is 23.3. The summed E-state index contributed by atoms with van der Waals surface area (Å²) in [6.07, 6.45) is -1.02. The number of hydrogen-bond acceptors (Lipinski definition) is 6. The number of anilines is 2. The Balaban J connectivity index is 1.60. The number of methoxy groups -OCH3 is 1. The highest BCUT2D eigenvalue weighted by Gasteiger charge is 2.60. The molecule has 5 rings (SSSR count). The van der Waals surface area contributed by atoms with E-state index in [4.69, 9.17) is 32.8 Å². The van der Waals surface area contributed by atoms with Crippen LogP contribution in [0.1, 0.15) is 11.6 Å². The number of ether oxygens (including phenoxy) is 1. The number of hydrogen-bond donors (Lipinski definition) is 1. The van der Waals surface area contributed by atoms with Crippen molar-refractivity contribution in [2.75, 3.05) is 17.1 Å². The molecule has 2 heterocycles. The molecule has 3 aromatic carbocycles. The van der Waals surface area contributed by atoms with Crippen LogP contribution in [0.3, 0.4) is 0 Å². The molecule has 0 aromatic heterocycles. The van der Waals surface area contributed by atoms with Crippen LogP contribution in [0, 0.1) is 5.92 Å². The molecule has 3 unspecified atom stereocenters. The van der Waals surface area contributed by atoms with Crippen molar-refractivity contribution in [2.24, 2.45) is 5.92 Å². The third-order valence-corrected chi connectivity index (χ3v) is 6.33. The number of rotatable bonds is 4. The van der Waals surface area contributed by atoms with E-state index in [0.717, 1.165) is 4.90 Å². The van der Waals surface area contributed by atoms with E-state index in [9.17, 15) is 14.7 Å². The van der Waals surface area contributed by atoms with Gasteiger partial charge in [-0.2, -0.15) is 0 Å². The summed E-state index contributed by atoms with van der Waals surface area (Å²) in [6, 6.07) is 17.5. The van der Waals surface area contributed by atoms with Gasteiger partial charge in [-0.1, -0.05) is 29.3 Å². The number of amides is 2. The van der Waals surface area contributed by atoms with Crippen LogP contribution in [0.4, 0.5) is 11.4 Å². The van der Waals surface area contributed by atoms with Crippen molar-refractivity contribution in [1.82, 2.24) is 0 Å².